The Bertz CT molecular complexity index is 194. The van der Waals surface area contributed by atoms with Gasteiger partial charge in [0.05, 0.1) is 39.6 Å². The molecule has 0 unspecified atom stereocenters. The van der Waals surface area contributed by atoms with Crippen LogP contribution >= 0.6 is 0 Å². The Morgan fingerprint density at radius 2 is 1.28 bits per heavy atom. The Kier molecular flexibility index (Phi) is 12.6. The zero-order valence-corrected chi connectivity index (χ0v) is 11.8. The van der Waals surface area contributed by atoms with Gasteiger partial charge in [-0.1, -0.05) is 13.8 Å². The lowest BCUT2D eigenvalue weighted by atomic mass is 10.1. The van der Waals surface area contributed by atoms with E-state index in [1.54, 1.807) is 0 Å². The van der Waals surface area contributed by atoms with Gasteiger partial charge >= 0.3 is 0 Å². The van der Waals surface area contributed by atoms with Crippen LogP contribution < -0.4 is 0 Å². The maximum atomic E-state index is 11.2. The van der Waals surface area contributed by atoms with Crippen molar-refractivity contribution < 1.29 is 23.7 Å². The molecule has 18 heavy (non-hydrogen) atoms. The van der Waals surface area contributed by atoms with Gasteiger partial charge in [-0.3, -0.25) is 4.79 Å². The number of Topliss-reactive ketones (excluding diaryl/α,β-unsaturated/α-hetero) is 1. The van der Waals surface area contributed by atoms with E-state index in [1.807, 2.05) is 20.8 Å². The summed E-state index contributed by atoms with van der Waals surface area (Å²) in [5, 5.41) is 0. The highest BCUT2D eigenvalue weighted by Crippen LogP contribution is 1.94. The minimum Gasteiger partial charge on any atom is -0.379 e. The number of ether oxygens (including phenoxy) is 4. The molecule has 0 aliphatic rings. The minimum absolute atomic E-state index is 0.0321. The number of carbonyl (C=O) groups is 1. The summed E-state index contributed by atoms with van der Waals surface area (Å²) in [6.45, 7) is 9.80. The van der Waals surface area contributed by atoms with Crippen molar-refractivity contribution in [3.63, 3.8) is 0 Å². The highest BCUT2D eigenvalue weighted by atomic mass is 16.6. The van der Waals surface area contributed by atoms with Gasteiger partial charge in [0.25, 0.3) is 0 Å². The molecule has 0 aliphatic heterocycles. The molecule has 0 aliphatic carbocycles. The minimum atomic E-state index is 0.0321. The summed E-state index contributed by atoms with van der Waals surface area (Å²) < 4.78 is 20.8. The summed E-state index contributed by atoms with van der Waals surface area (Å²) in [4.78, 5) is 11.2. The van der Waals surface area contributed by atoms with Crippen molar-refractivity contribution in [3.8, 4) is 0 Å². The fourth-order valence-electron chi connectivity index (χ4n) is 1.04. The molecule has 0 radical (unpaired) electrons. The quantitative estimate of drug-likeness (QED) is 0.468. The molecular weight excluding hydrogens is 236 g/mol. The predicted molar refractivity (Wildman–Crippen MR) is 68.8 cm³/mol. The molecule has 5 heteroatoms. The van der Waals surface area contributed by atoms with Crippen molar-refractivity contribution in [2.75, 3.05) is 52.9 Å². The lowest BCUT2D eigenvalue weighted by Gasteiger charge is -2.07. The van der Waals surface area contributed by atoms with Gasteiger partial charge in [0.15, 0.2) is 5.78 Å². The maximum Gasteiger partial charge on any atom is 0.160 e. The summed E-state index contributed by atoms with van der Waals surface area (Å²) >= 11 is 0. The Morgan fingerprint density at radius 1 is 0.833 bits per heavy atom. The van der Waals surface area contributed by atoms with E-state index in [9.17, 15) is 4.79 Å². The lowest BCUT2D eigenvalue weighted by molar-refractivity contribution is -0.127. The average molecular weight is 262 g/mol. The Hall–Kier alpha value is -0.490. The Morgan fingerprint density at radius 3 is 1.72 bits per heavy atom. The molecule has 0 saturated heterocycles. The van der Waals surface area contributed by atoms with Crippen molar-refractivity contribution >= 4 is 5.78 Å². The number of ketones is 1. The van der Waals surface area contributed by atoms with Crippen LogP contribution in [0.15, 0.2) is 0 Å². The van der Waals surface area contributed by atoms with Crippen LogP contribution in [0.3, 0.4) is 0 Å². The molecule has 0 atom stereocenters. The normalized spacial score (nSPS) is 11.1. The molecule has 0 saturated carbocycles. The summed E-state index contributed by atoms with van der Waals surface area (Å²) in [6.07, 6.45) is 0. The molecular formula is C13H26O5. The first-order valence-electron chi connectivity index (χ1n) is 6.52. The van der Waals surface area contributed by atoms with Crippen molar-refractivity contribution in [2.45, 2.75) is 20.8 Å². The number of carbonyl (C=O) groups excluding carboxylic acids is 1. The molecule has 0 amide bonds. The number of rotatable bonds is 13. The van der Waals surface area contributed by atoms with Crippen LogP contribution in [0.1, 0.15) is 20.8 Å². The van der Waals surface area contributed by atoms with Crippen LogP contribution in [0, 0.1) is 5.92 Å². The van der Waals surface area contributed by atoms with Gasteiger partial charge in [-0.15, -0.1) is 0 Å². The van der Waals surface area contributed by atoms with E-state index in [1.165, 1.54) is 0 Å². The summed E-state index contributed by atoms with van der Waals surface area (Å²) in [7, 11) is 0. The van der Waals surface area contributed by atoms with Crippen LogP contribution in [-0.2, 0) is 23.7 Å². The third-order valence-corrected chi connectivity index (χ3v) is 2.21. The fourth-order valence-corrected chi connectivity index (χ4v) is 1.04. The van der Waals surface area contributed by atoms with Crippen molar-refractivity contribution in [1.82, 2.24) is 0 Å². The van der Waals surface area contributed by atoms with Crippen LogP contribution in [0.25, 0.3) is 0 Å². The fraction of sp³-hybridized carbons (Fsp3) is 0.923. The van der Waals surface area contributed by atoms with E-state index >= 15 is 0 Å². The van der Waals surface area contributed by atoms with Crippen LogP contribution in [0.2, 0.25) is 0 Å². The van der Waals surface area contributed by atoms with Gasteiger partial charge in [0.2, 0.25) is 0 Å². The molecule has 108 valence electrons. The topological polar surface area (TPSA) is 54.0 Å². The van der Waals surface area contributed by atoms with Gasteiger partial charge in [0, 0.05) is 12.5 Å². The Labute approximate surface area is 110 Å². The predicted octanol–water partition coefficient (Wildman–Crippen LogP) is 1.30. The van der Waals surface area contributed by atoms with Gasteiger partial charge in [-0.25, -0.2) is 0 Å². The van der Waals surface area contributed by atoms with Crippen LogP contribution in [0.4, 0.5) is 0 Å². The molecule has 0 aromatic rings. The second kappa shape index (κ2) is 13.0. The summed E-state index contributed by atoms with van der Waals surface area (Å²) in [6, 6.07) is 0. The van der Waals surface area contributed by atoms with Gasteiger partial charge < -0.3 is 18.9 Å². The third kappa shape index (κ3) is 12.0. The van der Waals surface area contributed by atoms with E-state index < -0.39 is 0 Å². The van der Waals surface area contributed by atoms with E-state index in [0.717, 1.165) is 0 Å². The number of hydrogen-bond acceptors (Lipinski definition) is 5. The molecule has 5 nitrogen and oxygen atoms in total. The first kappa shape index (κ1) is 17.5. The highest BCUT2D eigenvalue weighted by molar-refractivity contribution is 5.81. The van der Waals surface area contributed by atoms with Gasteiger partial charge in [0.1, 0.15) is 6.61 Å². The molecule has 0 bridgehead atoms. The molecule has 0 heterocycles. The lowest BCUT2D eigenvalue weighted by Crippen LogP contribution is -2.17. The zero-order chi connectivity index (χ0) is 13.6. The first-order chi connectivity index (χ1) is 8.68. The molecule has 0 N–H and O–H groups in total. The largest absolute Gasteiger partial charge is 0.379 e. The first-order valence-corrected chi connectivity index (χ1v) is 6.52. The van der Waals surface area contributed by atoms with E-state index in [4.69, 9.17) is 18.9 Å². The standard InChI is InChI=1S/C13H26O5/c1-4-15-5-6-16-7-8-17-9-10-18-11-13(14)12(2)3/h12H,4-11H2,1-3H3. The smallest absolute Gasteiger partial charge is 0.160 e. The second-order valence-electron chi connectivity index (χ2n) is 4.10. The monoisotopic (exact) mass is 262 g/mol. The summed E-state index contributed by atoms with van der Waals surface area (Å²) in [5.74, 6) is 0.152. The van der Waals surface area contributed by atoms with Crippen molar-refractivity contribution in [2.24, 2.45) is 5.92 Å². The average Bonchev–Trinajstić information content (AvgIpc) is 2.35. The molecule has 0 rings (SSSR count). The van der Waals surface area contributed by atoms with Crippen molar-refractivity contribution in [3.05, 3.63) is 0 Å². The van der Waals surface area contributed by atoms with Crippen molar-refractivity contribution in [1.29, 1.82) is 0 Å². The SMILES string of the molecule is CCOCCOCCOCCOCC(=O)C(C)C. The zero-order valence-electron chi connectivity index (χ0n) is 11.8. The molecule has 0 aromatic heterocycles. The molecule has 0 aromatic carbocycles. The van der Waals surface area contributed by atoms with E-state index in [0.29, 0.717) is 46.2 Å². The van der Waals surface area contributed by atoms with E-state index in [2.05, 4.69) is 0 Å². The number of hydrogen-bond donors (Lipinski definition) is 0. The second-order valence-corrected chi connectivity index (χ2v) is 4.10. The van der Waals surface area contributed by atoms with Crippen LogP contribution in [0.5, 0.6) is 0 Å². The molecule has 0 fully saturated rings. The maximum absolute atomic E-state index is 11.2. The third-order valence-electron chi connectivity index (χ3n) is 2.21. The molecule has 0 spiro atoms. The van der Waals surface area contributed by atoms with Gasteiger partial charge in [-0.2, -0.15) is 0 Å². The summed E-state index contributed by atoms with van der Waals surface area (Å²) in [5.41, 5.74) is 0. The van der Waals surface area contributed by atoms with E-state index in [-0.39, 0.29) is 18.3 Å². The van der Waals surface area contributed by atoms with Gasteiger partial charge in [-0.05, 0) is 6.92 Å². The Balaban J connectivity index is 3.05. The highest BCUT2D eigenvalue weighted by Gasteiger charge is 2.06. The van der Waals surface area contributed by atoms with Crippen LogP contribution in [-0.4, -0.2) is 58.6 Å².